The van der Waals surface area contributed by atoms with Crippen LogP contribution in [0.15, 0.2) is 85.2 Å². The van der Waals surface area contributed by atoms with Crippen LogP contribution in [0.3, 0.4) is 0 Å². The number of carbonyl (C=O) groups is 3. The average molecular weight is 502 g/mol. The summed E-state index contributed by atoms with van der Waals surface area (Å²) in [4.78, 5) is 47.7. The van der Waals surface area contributed by atoms with Gasteiger partial charge >= 0.3 is 5.91 Å². The van der Waals surface area contributed by atoms with E-state index in [1.165, 1.54) is 35.1 Å². The molecule has 2 heterocycles. The lowest BCUT2D eigenvalue weighted by Gasteiger charge is -2.18. The van der Waals surface area contributed by atoms with E-state index in [-0.39, 0.29) is 24.4 Å². The van der Waals surface area contributed by atoms with Crippen LogP contribution >= 0.6 is 0 Å². The zero-order valence-corrected chi connectivity index (χ0v) is 19.9. The maximum absolute atomic E-state index is 13.4. The fourth-order valence-electron chi connectivity index (χ4n) is 3.61. The molecule has 2 aromatic heterocycles. The smallest absolute Gasteiger partial charge is 0.313 e. The molecule has 0 aliphatic rings. The number of benzene rings is 2. The van der Waals surface area contributed by atoms with Gasteiger partial charge in [-0.2, -0.15) is 5.10 Å². The number of aromatic nitrogens is 3. The summed E-state index contributed by atoms with van der Waals surface area (Å²) in [5, 5.41) is 7.16. The summed E-state index contributed by atoms with van der Waals surface area (Å²) in [5.41, 5.74) is 4.33. The topological polar surface area (TPSA) is 115 Å². The Bertz CT molecular complexity index is 1390. The molecule has 2 N–H and O–H groups in total. The molecule has 37 heavy (non-hydrogen) atoms. The van der Waals surface area contributed by atoms with Gasteiger partial charge in [0.05, 0.1) is 17.9 Å². The highest BCUT2D eigenvalue weighted by atomic mass is 19.1. The van der Waals surface area contributed by atoms with Crippen molar-refractivity contribution in [3.8, 4) is 17.1 Å². The number of pyridine rings is 1. The Kier molecular flexibility index (Phi) is 8.11. The number of ketones is 1. The number of nitrogens with zero attached hydrogens (tertiary/aromatic N) is 3. The van der Waals surface area contributed by atoms with E-state index in [0.29, 0.717) is 11.3 Å². The molecule has 4 aromatic rings. The third kappa shape index (κ3) is 6.30. The van der Waals surface area contributed by atoms with Crippen LogP contribution in [0, 0.1) is 5.82 Å². The Balaban J connectivity index is 1.60. The lowest BCUT2D eigenvalue weighted by Crippen LogP contribution is -2.48. The van der Waals surface area contributed by atoms with E-state index < -0.39 is 29.5 Å². The van der Waals surface area contributed by atoms with Gasteiger partial charge in [-0.3, -0.25) is 19.2 Å². The molecule has 1 atom stereocenters. The largest absolute Gasteiger partial charge is 0.341 e. The summed E-state index contributed by atoms with van der Waals surface area (Å²) in [7, 11) is 0. The maximum atomic E-state index is 13.4. The number of rotatable bonds is 10. The molecule has 2 aromatic carbocycles. The van der Waals surface area contributed by atoms with Crippen molar-refractivity contribution in [3.63, 3.8) is 0 Å². The van der Waals surface area contributed by atoms with Crippen molar-refractivity contribution in [2.24, 2.45) is 0 Å². The first-order valence-corrected chi connectivity index (χ1v) is 11.5. The van der Waals surface area contributed by atoms with Crippen LogP contribution in [0.5, 0.6) is 0 Å². The Morgan fingerprint density at radius 2 is 1.76 bits per heavy atom. The summed E-state index contributed by atoms with van der Waals surface area (Å²) in [5.74, 6) is -2.76. The molecule has 188 valence electrons. The molecule has 10 heteroatoms. The molecule has 0 radical (unpaired) electrons. The number of hydrogen-bond donors (Lipinski definition) is 2. The first-order chi connectivity index (χ1) is 18.0. The van der Waals surface area contributed by atoms with Gasteiger partial charge in [-0.05, 0) is 42.8 Å². The predicted molar refractivity (Wildman–Crippen MR) is 133 cm³/mol. The first kappa shape index (κ1) is 25.4. The van der Waals surface area contributed by atoms with Gasteiger partial charge in [-0.1, -0.05) is 42.5 Å². The zero-order chi connectivity index (χ0) is 26.2. The summed E-state index contributed by atoms with van der Waals surface area (Å²) in [6.45, 7) is 1.80. The Morgan fingerprint density at radius 1 is 1.00 bits per heavy atom. The van der Waals surface area contributed by atoms with Crippen LogP contribution in [0.4, 0.5) is 4.39 Å². The fourth-order valence-corrected chi connectivity index (χ4v) is 3.61. The van der Waals surface area contributed by atoms with E-state index in [1.807, 2.05) is 35.8 Å². The highest BCUT2D eigenvalue weighted by Gasteiger charge is 2.29. The minimum atomic E-state index is -1.25. The van der Waals surface area contributed by atoms with Gasteiger partial charge in [0.2, 0.25) is 5.78 Å². The number of carbonyl (C=O) groups excluding carboxylic acids is 3. The average Bonchev–Trinajstić information content (AvgIpc) is 3.43. The molecule has 2 amide bonds. The van der Waals surface area contributed by atoms with Crippen LogP contribution in [0.1, 0.15) is 22.8 Å². The SMILES string of the molecule is CCONC(=O)C(=O)[C@@H](Cc1ccc(F)cc1)NC(=O)c1cccnc1-n1ccc(-c2ccccc2)n1. The van der Waals surface area contributed by atoms with E-state index in [4.69, 9.17) is 4.84 Å². The number of halogens is 1. The molecule has 0 bridgehead atoms. The predicted octanol–water partition coefficient (Wildman–Crippen LogP) is 3.05. The van der Waals surface area contributed by atoms with E-state index in [9.17, 15) is 18.8 Å². The second-order valence-corrected chi connectivity index (χ2v) is 7.97. The standard InChI is InChI=1S/C27H24FN5O4/c1-2-37-32-27(36)24(34)23(17-18-10-12-20(28)13-11-18)30-26(35)21-9-6-15-29-25(21)33-16-14-22(31-33)19-7-4-3-5-8-19/h3-16,23H,2,17H2,1H3,(H,30,35)(H,32,36)/t23-/m1/s1. The van der Waals surface area contributed by atoms with Gasteiger partial charge < -0.3 is 5.32 Å². The van der Waals surface area contributed by atoms with Crippen LogP contribution in [-0.4, -0.2) is 45.0 Å². The molecule has 0 aliphatic heterocycles. The molecule has 0 saturated heterocycles. The van der Waals surface area contributed by atoms with Crippen molar-refractivity contribution in [2.45, 2.75) is 19.4 Å². The number of hydrogen-bond acceptors (Lipinski definition) is 6. The minimum absolute atomic E-state index is 0.0417. The summed E-state index contributed by atoms with van der Waals surface area (Å²) in [6.07, 6.45) is 3.16. The van der Waals surface area contributed by atoms with E-state index >= 15 is 0 Å². The monoisotopic (exact) mass is 501 g/mol. The second kappa shape index (κ2) is 11.8. The number of hydroxylamine groups is 1. The number of amides is 2. The van der Waals surface area contributed by atoms with E-state index in [0.717, 1.165) is 5.56 Å². The van der Waals surface area contributed by atoms with Crippen LogP contribution in [0.2, 0.25) is 0 Å². The molecule has 0 aliphatic carbocycles. The van der Waals surface area contributed by atoms with Crippen LogP contribution < -0.4 is 10.8 Å². The Labute approximate surface area is 212 Å². The molecular formula is C27H24FN5O4. The molecule has 9 nitrogen and oxygen atoms in total. The van der Waals surface area contributed by atoms with Crippen molar-refractivity contribution in [1.29, 1.82) is 0 Å². The summed E-state index contributed by atoms with van der Waals surface area (Å²) >= 11 is 0. The highest BCUT2D eigenvalue weighted by molar-refractivity contribution is 6.38. The third-order valence-corrected chi connectivity index (χ3v) is 5.41. The molecule has 4 rings (SSSR count). The van der Waals surface area contributed by atoms with Crippen molar-refractivity contribution in [2.75, 3.05) is 6.61 Å². The number of nitrogens with one attached hydrogen (secondary N) is 2. The maximum Gasteiger partial charge on any atom is 0.313 e. The van der Waals surface area contributed by atoms with Gasteiger partial charge in [0.1, 0.15) is 11.9 Å². The zero-order valence-electron chi connectivity index (χ0n) is 19.9. The van der Waals surface area contributed by atoms with Gasteiger partial charge in [-0.15, -0.1) is 0 Å². The summed E-state index contributed by atoms with van der Waals surface area (Å²) < 4.78 is 14.8. The quantitative estimate of drug-likeness (QED) is 0.255. The van der Waals surface area contributed by atoms with Gasteiger partial charge in [0, 0.05) is 24.4 Å². The highest BCUT2D eigenvalue weighted by Crippen LogP contribution is 2.19. The molecule has 0 fully saturated rings. The molecule has 0 saturated carbocycles. The van der Waals surface area contributed by atoms with Gasteiger partial charge in [0.25, 0.3) is 5.91 Å². The molecule has 0 spiro atoms. The van der Waals surface area contributed by atoms with Crippen molar-refractivity contribution in [1.82, 2.24) is 25.6 Å². The normalized spacial score (nSPS) is 11.5. The minimum Gasteiger partial charge on any atom is -0.341 e. The second-order valence-electron chi connectivity index (χ2n) is 7.97. The first-order valence-electron chi connectivity index (χ1n) is 11.5. The Morgan fingerprint density at radius 3 is 2.49 bits per heavy atom. The summed E-state index contributed by atoms with van der Waals surface area (Å²) in [6, 6.07) is 18.6. The molecule has 0 unspecified atom stereocenters. The van der Waals surface area contributed by atoms with Crippen molar-refractivity contribution >= 4 is 17.6 Å². The fraction of sp³-hybridized carbons (Fsp3) is 0.148. The molecular weight excluding hydrogens is 477 g/mol. The van der Waals surface area contributed by atoms with Crippen molar-refractivity contribution < 1.29 is 23.6 Å². The van der Waals surface area contributed by atoms with Crippen LogP contribution in [-0.2, 0) is 20.8 Å². The number of Topliss-reactive ketones (excluding diaryl/α,β-unsaturated/α-hetero) is 1. The lowest BCUT2D eigenvalue weighted by molar-refractivity contribution is -0.146. The third-order valence-electron chi connectivity index (χ3n) is 5.41. The Hall–Kier alpha value is -4.70. The lowest BCUT2D eigenvalue weighted by atomic mass is 10.0. The van der Waals surface area contributed by atoms with Crippen LogP contribution in [0.25, 0.3) is 17.1 Å². The van der Waals surface area contributed by atoms with Gasteiger partial charge in [0.15, 0.2) is 5.82 Å². The van der Waals surface area contributed by atoms with Gasteiger partial charge in [-0.25, -0.2) is 19.5 Å². The van der Waals surface area contributed by atoms with E-state index in [1.54, 1.807) is 31.3 Å². The van der Waals surface area contributed by atoms with Crippen molar-refractivity contribution in [3.05, 3.63) is 102 Å². The van der Waals surface area contributed by atoms with E-state index in [2.05, 4.69) is 15.4 Å².